The van der Waals surface area contributed by atoms with E-state index in [2.05, 4.69) is 5.32 Å². The van der Waals surface area contributed by atoms with Gasteiger partial charge in [-0.1, -0.05) is 12.1 Å². The van der Waals surface area contributed by atoms with Crippen LogP contribution in [-0.2, 0) is 0 Å². The SMILES string of the molecule is Cc1ccc(C2CCCN2)c(O)c1O. The summed E-state index contributed by atoms with van der Waals surface area (Å²) in [5.74, 6) is 0.0422. The van der Waals surface area contributed by atoms with Gasteiger partial charge in [0.2, 0.25) is 0 Å². The second-order valence-electron chi connectivity index (χ2n) is 3.82. The highest BCUT2D eigenvalue weighted by atomic mass is 16.3. The molecule has 1 saturated heterocycles. The molecule has 1 aliphatic heterocycles. The van der Waals surface area contributed by atoms with Gasteiger partial charge in [0.1, 0.15) is 0 Å². The van der Waals surface area contributed by atoms with Gasteiger partial charge >= 0.3 is 0 Å². The molecule has 76 valence electrons. The molecular weight excluding hydrogens is 178 g/mol. The Kier molecular flexibility index (Phi) is 2.33. The van der Waals surface area contributed by atoms with Crippen molar-refractivity contribution in [2.45, 2.75) is 25.8 Å². The first-order chi connectivity index (χ1) is 6.70. The zero-order valence-electron chi connectivity index (χ0n) is 8.25. The average molecular weight is 193 g/mol. The molecule has 3 heteroatoms. The third-order valence-corrected chi connectivity index (χ3v) is 2.82. The fourth-order valence-corrected chi connectivity index (χ4v) is 1.93. The maximum atomic E-state index is 9.75. The lowest BCUT2D eigenvalue weighted by Crippen LogP contribution is -2.12. The largest absolute Gasteiger partial charge is 0.504 e. The smallest absolute Gasteiger partial charge is 0.162 e. The molecule has 3 nitrogen and oxygen atoms in total. The van der Waals surface area contributed by atoms with Crippen LogP contribution in [0.4, 0.5) is 0 Å². The first kappa shape index (κ1) is 9.34. The van der Waals surface area contributed by atoms with Crippen molar-refractivity contribution in [3.05, 3.63) is 23.3 Å². The van der Waals surface area contributed by atoms with Gasteiger partial charge in [-0.05, 0) is 31.9 Å². The van der Waals surface area contributed by atoms with Crippen molar-refractivity contribution >= 4 is 0 Å². The highest BCUT2D eigenvalue weighted by Gasteiger charge is 2.21. The van der Waals surface area contributed by atoms with Gasteiger partial charge < -0.3 is 15.5 Å². The van der Waals surface area contributed by atoms with E-state index in [1.165, 1.54) is 0 Å². The van der Waals surface area contributed by atoms with Crippen molar-refractivity contribution in [2.24, 2.45) is 0 Å². The minimum absolute atomic E-state index is 0.0104. The zero-order chi connectivity index (χ0) is 10.1. The second kappa shape index (κ2) is 3.50. The Hall–Kier alpha value is -1.22. The number of aromatic hydroxyl groups is 2. The minimum atomic E-state index is 0.0104. The molecule has 1 unspecified atom stereocenters. The molecule has 0 spiro atoms. The molecule has 0 radical (unpaired) electrons. The molecular formula is C11H15NO2. The standard InChI is InChI=1S/C11H15NO2/c1-7-4-5-8(11(14)10(7)13)9-3-2-6-12-9/h4-5,9,12-14H,2-3,6H2,1H3. The molecule has 1 aliphatic rings. The normalized spacial score (nSPS) is 21.4. The van der Waals surface area contributed by atoms with E-state index < -0.39 is 0 Å². The topological polar surface area (TPSA) is 52.5 Å². The zero-order valence-corrected chi connectivity index (χ0v) is 8.25. The van der Waals surface area contributed by atoms with Crippen LogP contribution in [0.25, 0.3) is 0 Å². The van der Waals surface area contributed by atoms with Gasteiger partial charge in [0.15, 0.2) is 11.5 Å². The fraction of sp³-hybridized carbons (Fsp3) is 0.455. The van der Waals surface area contributed by atoms with Crippen LogP contribution < -0.4 is 5.32 Å². The number of rotatable bonds is 1. The Labute approximate surface area is 83.4 Å². The summed E-state index contributed by atoms with van der Waals surface area (Å²) in [7, 11) is 0. The molecule has 3 N–H and O–H groups in total. The molecule has 2 rings (SSSR count). The van der Waals surface area contributed by atoms with Gasteiger partial charge in [-0.15, -0.1) is 0 Å². The van der Waals surface area contributed by atoms with Crippen molar-refractivity contribution < 1.29 is 10.2 Å². The summed E-state index contributed by atoms with van der Waals surface area (Å²) in [4.78, 5) is 0. The van der Waals surface area contributed by atoms with Gasteiger partial charge in [-0.2, -0.15) is 0 Å². The summed E-state index contributed by atoms with van der Waals surface area (Å²) in [6.45, 7) is 2.76. The van der Waals surface area contributed by atoms with Crippen LogP contribution in [0.15, 0.2) is 12.1 Å². The van der Waals surface area contributed by atoms with E-state index in [0.29, 0.717) is 5.56 Å². The van der Waals surface area contributed by atoms with Crippen LogP contribution in [0.5, 0.6) is 11.5 Å². The van der Waals surface area contributed by atoms with Crippen LogP contribution in [0.3, 0.4) is 0 Å². The predicted molar refractivity (Wildman–Crippen MR) is 54.5 cm³/mol. The number of benzene rings is 1. The van der Waals surface area contributed by atoms with Crippen LogP contribution in [0.2, 0.25) is 0 Å². The summed E-state index contributed by atoms with van der Waals surface area (Å²) in [5.41, 5.74) is 1.52. The van der Waals surface area contributed by atoms with E-state index in [-0.39, 0.29) is 17.5 Å². The molecule has 1 atom stereocenters. The number of hydrogen-bond donors (Lipinski definition) is 3. The van der Waals surface area contributed by atoms with Crippen LogP contribution in [-0.4, -0.2) is 16.8 Å². The number of aryl methyl sites for hydroxylation is 1. The van der Waals surface area contributed by atoms with Crippen molar-refractivity contribution in [3.63, 3.8) is 0 Å². The molecule has 0 aliphatic carbocycles. The minimum Gasteiger partial charge on any atom is -0.504 e. The average Bonchev–Trinajstić information content (AvgIpc) is 2.67. The van der Waals surface area contributed by atoms with E-state index in [1.54, 1.807) is 6.92 Å². The van der Waals surface area contributed by atoms with E-state index in [9.17, 15) is 10.2 Å². The molecule has 1 aromatic carbocycles. The number of phenolic OH excluding ortho intramolecular Hbond substituents is 2. The highest BCUT2D eigenvalue weighted by Crippen LogP contribution is 2.37. The number of phenols is 2. The van der Waals surface area contributed by atoms with E-state index in [0.717, 1.165) is 24.9 Å². The van der Waals surface area contributed by atoms with Gasteiger partial charge in [-0.3, -0.25) is 0 Å². The third-order valence-electron chi connectivity index (χ3n) is 2.82. The molecule has 0 amide bonds. The first-order valence-electron chi connectivity index (χ1n) is 4.95. The lowest BCUT2D eigenvalue weighted by Gasteiger charge is -2.14. The van der Waals surface area contributed by atoms with E-state index in [1.807, 2.05) is 12.1 Å². The van der Waals surface area contributed by atoms with Gasteiger partial charge in [0.05, 0.1) is 0 Å². The molecule has 1 heterocycles. The third kappa shape index (κ3) is 1.44. The lowest BCUT2D eigenvalue weighted by molar-refractivity contribution is 0.391. The number of hydrogen-bond acceptors (Lipinski definition) is 3. The maximum absolute atomic E-state index is 9.75. The van der Waals surface area contributed by atoms with Crippen molar-refractivity contribution in [1.82, 2.24) is 5.32 Å². The molecule has 14 heavy (non-hydrogen) atoms. The highest BCUT2D eigenvalue weighted by molar-refractivity contribution is 5.50. The second-order valence-corrected chi connectivity index (χ2v) is 3.82. The van der Waals surface area contributed by atoms with E-state index in [4.69, 9.17) is 0 Å². The molecule has 0 saturated carbocycles. The summed E-state index contributed by atoms with van der Waals surface area (Å²) < 4.78 is 0. The molecule has 0 bridgehead atoms. The van der Waals surface area contributed by atoms with Crippen molar-refractivity contribution in [1.29, 1.82) is 0 Å². The summed E-state index contributed by atoms with van der Waals surface area (Å²) in [6.07, 6.45) is 2.15. The Balaban J connectivity index is 2.38. The maximum Gasteiger partial charge on any atom is 0.162 e. The van der Waals surface area contributed by atoms with E-state index >= 15 is 0 Å². The fourth-order valence-electron chi connectivity index (χ4n) is 1.93. The van der Waals surface area contributed by atoms with Gasteiger partial charge in [-0.25, -0.2) is 0 Å². The number of nitrogens with one attached hydrogen (secondary N) is 1. The van der Waals surface area contributed by atoms with Crippen LogP contribution in [0, 0.1) is 6.92 Å². The summed E-state index contributed by atoms with van der Waals surface area (Å²) in [5, 5.41) is 22.6. The quantitative estimate of drug-likeness (QED) is 0.596. The first-order valence-corrected chi connectivity index (χ1v) is 4.95. The molecule has 1 aromatic rings. The van der Waals surface area contributed by atoms with Crippen molar-refractivity contribution in [3.8, 4) is 11.5 Å². The lowest BCUT2D eigenvalue weighted by atomic mass is 10.0. The van der Waals surface area contributed by atoms with Crippen molar-refractivity contribution in [2.75, 3.05) is 6.54 Å². The van der Waals surface area contributed by atoms with Gasteiger partial charge in [0.25, 0.3) is 0 Å². The molecule has 1 fully saturated rings. The van der Waals surface area contributed by atoms with Gasteiger partial charge in [0, 0.05) is 11.6 Å². The predicted octanol–water partition coefficient (Wildman–Crippen LogP) is 1.83. The Bertz CT molecular complexity index is 343. The summed E-state index contributed by atoms with van der Waals surface area (Å²) in [6, 6.07) is 3.92. The van der Waals surface area contributed by atoms with Crippen LogP contribution >= 0.6 is 0 Å². The summed E-state index contributed by atoms with van der Waals surface area (Å²) >= 11 is 0. The molecule has 0 aromatic heterocycles. The monoisotopic (exact) mass is 193 g/mol. The Morgan fingerprint density at radius 2 is 2.07 bits per heavy atom. The Morgan fingerprint density at radius 3 is 2.71 bits per heavy atom. The Morgan fingerprint density at radius 1 is 1.29 bits per heavy atom. The van der Waals surface area contributed by atoms with Crippen LogP contribution in [0.1, 0.15) is 30.0 Å².